The molecular weight excluding hydrogens is 360 g/mol. The second-order valence-corrected chi connectivity index (χ2v) is 10.1. The van der Waals surface area contributed by atoms with Gasteiger partial charge in [-0.1, -0.05) is 102 Å². The lowest BCUT2D eigenvalue weighted by molar-refractivity contribution is 0.221. The van der Waals surface area contributed by atoms with Crippen molar-refractivity contribution in [2.45, 2.75) is 104 Å². The Morgan fingerprint density at radius 2 is 1.30 bits per heavy atom. The van der Waals surface area contributed by atoms with Crippen LogP contribution in [-0.2, 0) is 6.42 Å². The first-order chi connectivity index (χ1) is 14.8. The Hall–Kier alpha value is -1.48. The van der Waals surface area contributed by atoms with E-state index in [1.807, 2.05) is 0 Å². The minimum atomic E-state index is 0.756. The van der Waals surface area contributed by atoms with Gasteiger partial charge in [-0.2, -0.15) is 0 Å². The van der Waals surface area contributed by atoms with Crippen LogP contribution in [0.3, 0.4) is 0 Å². The average molecular weight is 405 g/mol. The molecular formula is C30H44. The summed E-state index contributed by atoms with van der Waals surface area (Å²) in [6.07, 6.45) is 24.4. The molecule has 2 saturated carbocycles. The number of allylic oxidation sites excluding steroid dienone is 2. The Morgan fingerprint density at radius 3 is 1.87 bits per heavy atom. The van der Waals surface area contributed by atoms with Gasteiger partial charge in [-0.15, -0.1) is 0 Å². The lowest BCUT2D eigenvalue weighted by Gasteiger charge is -2.31. The van der Waals surface area contributed by atoms with Crippen LogP contribution in [0.2, 0.25) is 0 Å². The first-order valence-corrected chi connectivity index (χ1v) is 13.0. The lowest BCUT2D eigenvalue weighted by atomic mass is 9.75. The number of benzene rings is 1. The van der Waals surface area contributed by atoms with Crippen molar-refractivity contribution in [2.75, 3.05) is 0 Å². The Labute approximate surface area is 186 Å². The van der Waals surface area contributed by atoms with Crippen molar-refractivity contribution in [3.05, 3.63) is 47.5 Å². The summed E-state index contributed by atoms with van der Waals surface area (Å²) in [6, 6.07) is 8.76. The topological polar surface area (TPSA) is 0 Å². The Balaban J connectivity index is 1.31. The van der Waals surface area contributed by atoms with E-state index in [1.54, 1.807) is 0 Å². The monoisotopic (exact) mass is 404 g/mol. The number of rotatable bonds is 8. The van der Waals surface area contributed by atoms with E-state index in [0.717, 1.165) is 35.7 Å². The molecule has 1 aromatic carbocycles. The van der Waals surface area contributed by atoms with Gasteiger partial charge in [-0.05, 0) is 79.5 Å². The SMILES string of the molecule is CCCc1ccc(C#C/C=C/C2CCC(CCC3CCC(CCC)CC3)CC2)cc1. The van der Waals surface area contributed by atoms with Gasteiger partial charge in [0.15, 0.2) is 0 Å². The van der Waals surface area contributed by atoms with E-state index < -0.39 is 0 Å². The molecule has 0 unspecified atom stereocenters. The maximum absolute atomic E-state index is 3.29. The summed E-state index contributed by atoms with van der Waals surface area (Å²) in [4.78, 5) is 0. The molecule has 0 amide bonds. The maximum Gasteiger partial charge on any atom is 0.0249 e. The summed E-state index contributed by atoms with van der Waals surface area (Å²) in [5.41, 5.74) is 2.55. The predicted octanol–water partition coefficient (Wildman–Crippen LogP) is 8.74. The van der Waals surface area contributed by atoms with Crippen LogP contribution in [-0.4, -0.2) is 0 Å². The van der Waals surface area contributed by atoms with E-state index in [4.69, 9.17) is 0 Å². The molecule has 0 atom stereocenters. The zero-order valence-electron chi connectivity index (χ0n) is 19.7. The van der Waals surface area contributed by atoms with Crippen LogP contribution >= 0.6 is 0 Å². The van der Waals surface area contributed by atoms with Gasteiger partial charge in [0.05, 0.1) is 0 Å². The van der Waals surface area contributed by atoms with Gasteiger partial charge in [0.25, 0.3) is 0 Å². The van der Waals surface area contributed by atoms with Crippen LogP contribution in [0, 0.1) is 35.5 Å². The van der Waals surface area contributed by atoms with Gasteiger partial charge in [0.2, 0.25) is 0 Å². The zero-order chi connectivity index (χ0) is 21.0. The summed E-state index contributed by atoms with van der Waals surface area (Å²) < 4.78 is 0. The van der Waals surface area contributed by atoms with E-state index in [9.17, 15) is 0 Å². The third kappa shape index (κ3) is 7.98. The fraction of sp³-hybridized carbons (Fsp3) is 0.667. The largest absolute Gasteiger partial charge is 0.0730 e. The van der Waals surface area contributed by atoms with E-state index in [-0.39, 0.29) is 0 Å². The molecule has 0 saturated heterocycles. The molecule has 0 aromatic heterocycles. The lowest BCUT2D eigenvalue weighted by Crippen LogP contribution is -2.17. The molecule has 0 heteroatoms. The van der Waals surface area contributed by atoms with Crippen molar-refractivity contribution >= 4 is 0 Å². The van der Waals surface area contributed by atoms with Crippen LogP contribution < -0.4 is 0 Å². The second kappa shape index (κ2) is 13.0. The van der Waals surface area contributed by atoms with Crippen molar-refractivity contribution in [2.24, 2.45) is 23.7 Å². The molecule has 0 bridgehead atoms. The predicted molar refractivity (Wildman–Crippen MR) is 131 cm³/mol. The molecule has 3 rings (SSSR count). The molecule has 2 aliphatic carbocycles. The first-order valence-electron chi connectivity index (χ1n) is 13.0. The highest BCUT2D eigenvalue weighted by Gasteiger charge is 2.23. The number of hydrogen-bond donors (Lipinski definition) is 0. The molecule has 2 fully saturated rings. The standard InChI is InChI=1S/C30H44/c1-3-7-25-11-15-27(16-12-25)9-5-6-10-28-17-21-30(22-18-28)24-23-29-19-13-26(8-4-2)14-20-29/h6,10-12,15-16,26,28-30H,3-4,7-8,13-14,17-24H2,1-2H3/b10-6+. The van der Waals surface area contributed by atoms with Gasteiger partial charge in [-0.25, -0.2) is 0 Å². The van der Waals surface area contributed by atoms with Crippen molar-refractivity contribution in [3.63, 3.8) is 0 Å². The van der Waals surface area contributed by atoms with Crippen LogP contribution in [0.5, 0.6) is 0 Å². The average Bonchev–Trinajstić information content (AvgIpc) is 2.78. The second-order valence-electron chi connectivity index (χ2n) is 10.1. The van der Waals surface area contributed by atoms with E-state index in [0.29, 0.717) is 0 Å². The summed E-state index contributed by atoms with van der Waals surface area (Å²) >= 11 is 0. The molecule has 0 radical (unpaired) electrons. The number of aryl methyl sites for hydroxylation is 1. The molecule has 0 N–H and O–H groups in total. The smallest absolute Gasteiger partial charge is 0.0249 e. The Kier molecular flexibility index (Phi) is 10.1. The Bertz CT molecular complexity index is 667. The van der Waals surface area contributed by atoms with Crippen molar-refractivity contribution in [3.8, 4) is 11.8 Å². The molecule has 2 aliphatic rings. The zero-order valence-corrected chi connectivity index (χ0v) is 19.7. The van der Waals surface area contributed by atoms with E-state index >= 15 is 0 Å². The molecule has 0 aliphatic heterocycles. The maximum atomic E-state index is 3.29. The van der Waals surface area contributed by atoms with Gasteiger partial charge < -0.3 is 0 Å². The summed E-state index contributed by atoms with van der Waals surface area (Å²) in [6.45, 7) is 4.57. The molecule has 1 aromatic rings. The van der Waals surface area contributed by atoms with Crippen LogP contribution in [0.15, 0.2) is 36.4 Å². The molecule has 0 nitrogen and oxygen atoms in total. The molecule has 30 heavy (non-hydrogen) atoms. The first kappa shape index (κ1) is 23.2. The minimum absolute atomic E-state index is 0.756. The fourth-order valence-corrected chi connectivity index (χ4v) is 5.71. The van der Waals surface area contributed by atoms with Crippen molar-refractivity contribution < 1.29 is 0 Å². The molecule has 164 valence electrons. The third-order valence-electron chi connectivity index (χ3n) is 7.70. The van der Waals surface area contributed by atoms with Crippen LogP contribution in [0.4, 0.5) is 0 Å². The van der Waals surface area contributed by atoms with Crippen molar-refractivity contribution in [1.82, 2.24) is 0 Å². The van der Waals surface area contributed by atoms with Crippen LogP contribution in [0.25, 0.3) is 0 Å². The minimum Gasteiger partial charge on any atom is -0.0730 e. The fourth-order valence-electron chi connectivity index (χ4n) is 5.71. The normalized spacial score (nSPS) is 27.0. The quantitative estimate of drug-likeness (QED) is 0.380. The molecule has 0 spiro atoms. The summed E-state index contributed by atoms with van der Waals surface area (Å²) in [5.74, 6) is 10.4. The summed E-state index contributed by atoms with van der Waals surface area (Å²) in [7, 11) is 0. The number of hydrogen-bond acceptors (Lipinski definition) is 0. The highest BCUT2D eigenvalue weighted by molar-refractivity contribution is 5.38. The third-order valence-corrected chi connectivity index (χ3v) is 7.70. The van der Waals surface area contributed by atoms with Crippen LogP contribution in [0.1, 0.15) is 108 Å². The van der Waals surface area contributed by atoms with Gasteiger partial charge in [0.1, 0.15) is 0 Å². The van der Waals surface area contributed by atoms with Gasteiger partial charge >= 0.3 is 0 Å². The van der Waals surface area contributed by atoms with Gasteiger partial charge in [-0.3, -0.25) is 0 Å². The van der Waals surface area contributed by atoms with Crippen molar-refractivity contribution in [1.29, 1.82) is 0 Å². The highest BCUT2D eigenvalue weighted by Crippen LogP contribution is 2.37. The molecule has 0 heterocycles. The van der Waals surface area contributed by atoms with E-state index in [2.05, 4.69) is 62.1 Å². The summed E-state index contributed by atoms with van der Waals surface area (Å²) in [5, 5.41) is 0. The van der Waals surface area contributed by atoms with Gasteiger partial charge in [0, 0.05) is 5.56 Å². The highest BCUT2D eigenvalue weighted by atomic mass is 14.3. The Morgan fingerprint density at radius 1 is 0.733 bits per heavy atom. The van der Waals surface area contributed by atoms with E-state index in [1.165, 1.54) is 89.0 Å².